The molecule has 0 aliphatic heterocycles. The molecule has 1 atom stereocenters. The third-order valence-corrected chi connectivity index (χ3v) is 3.33. The molecule has 0 aromatic carbocycles. The average molecular weight is 237 g/mol. The Hall–Kier alpha value is -1.43. The Bertz CT molecular complexity index is 369. The summed E-state index contributed by atoms with van der Waals surface area (Å²) in [5.41, 5.74) is 5.86. The summed E-state index contributed by atoms with van der Waals surface area (Å²) in [7, 11) is 0. The zero-order valence-corrected chi connectivity index (χ0v) is 10.1. The van der Waals surface area contributed by atoms with E-state index in [-0.39, 0.29) is 17.5 Å². The van der Waals surface area contributed by atoms with Gasteiger partial charge in [-0.2, -0.15) is 5.10 Å². The lowest BCUT2D eigenvalue weighted by Crippen LogP contribution is -2.42. The van der Waals surface area contributed by atoms with E-state index in [1.165, 1.54) is 6.33 Å². The summed E-state index contributed by atoms with van der Waals surface area (Å²) in [5.74, 6) is 0.647. The monoisotopic (exact) mass is 237 g/mol. The summed E-state index contributed by atoms with van der Waals surface area (Å²) in [6, 6.07) is -0.157. The number of nitrogens with two attached hydrogens (primary N) is 1. The van der Waals surface area contributed by atoms with Gasteiger partial charge >= 0.3 is 0 Å². The number of H-pyrrole nitrogens is 1. The van der Waals surface area contributed by atoms with Gasteiger partial charge in [0.1, 0.15) is 12.2 Å². The van der Waals surface area contributed by atoms with Crippen molar-refractivity contribution in [3.63, 3.8) is 0 Å². The molecule has 1 aromatic rings. The van der Waals surface area contributed by atoms with Crippen LogP contribution in [0.15, 0.2) is 6.33 Å². The van der Waals surface area contributed by atoms with E-state index in [1.807, 2.05) is 6.92 Å². The number of nitrogens with one attached hydrogen (secondary N) is 2. The topological polar surface area (TPSA) is 96.7 Å². The summed E-state index contributed by atoms with van der Waals surface area (Å²) in [5, 5.41) is 9.38. The molecule has 0 spiro atoms. The van der Waals surface area contributed by atoms with Crippen LogP contribution in [0.25, 0.3) is 0 Å². The smallest absolute Gasteiger partial charge is 0.222 e. The van der Waals surface area contributed by atoms with E-state index < -0.39 is 0 Å². The van der Waals surface area contributed by atoms with Crippen LogP contribution in [0.3, 0.4) is 0 Å². The minimum Gasteiger partial charge on any atom is -0.346 e. The Morgan fingerprint density at radius 1 is 1.65 bits per heavy atom. The molecule has 0 bridgehead atoms. The third kappa shape index (κ3) is 3.03. The van der Waals surface area contributed by atoms with Gasteiger partial charge in [-0.1, -0.05) is 12.8 Å². The van der Waals surface area contributed by atoms with Gasteiger partial charge in [-0.3, -0.25) is 9.89 Å². The van der Waals surface area contributed by atoms with Crippen LogP contribution in [-0.4, -0.2) is 26.6 Å². The largest absolute Gasteiger partial charge is 0.346 e. The molecule has 1 saturated carbocycles. The Kier molecular flexibility index (Phi) is 3.42. The minimum absolute atomic E-state index is 0.0155. The first-order valence-electron chi connectivity index (χ1n) is 6.03. The zero-order valence-electron chi connectivity index (χ0n) is 10.1. The number of amides is 1. The zero-order chi connectivity index (χ0) is 12.3. The Morgan fingerprint density at radius 2 is 2.35 bits per heavy atom. The van der Waals surface area contributed by atoms with Gasteiger partial charge in [0.2, 0.25) is 5.91 Å². The standard InChI is InChI=1S/C11H19N5O/c1-8(10-13-7-14-16-10)15-9(17)6-11(12)4-2-3-5-11/h7-8H,2-6,12H2,1H3,(H,15,17)(H,13,14,16). The fraction of sp³-hybridized carbons (Fsp3) is 0.727. The maximum absolute atomic E-state index is 11.9. The second-order valence-corrected chi connectivity index (χ2v) is 4.91. The third-order valence-electron chi connectivity index (χ3n) is 3.33. The van der Waals surface area contributed by atoms with E-state index >= 15 is 0 Å². The molecule has 4 N–H and O–H groups in total. The second-order valence-electron chi connectivity index (χ2n) is 4.91. The van der Waals surface area contributed by atoms with Crippen molar-refractivity contribution in [2.45, 2.75) is 50.6 Å². The lowest BCUT2D eigenvalue weighted by atomic mass is 9.94. The first kappa shape index (κ1) is 12.0. The number of hydrogen-bond acceptors (Lipinski definition) is 4. The van der Waals surface area contributed by atoms with Crippen molar-refractivity contribution in [2.24, 2.45) is 5.73 Å². The first-order chi connectivity index (χ1) is 8.09. The van der Waals surface area contributed by atoms with Crippen molar-refractivity contribution in [3.8, 4) is 0 Å². The first-order valence-corrected chi connectivity index (χ1v) is 6.03. The van der Waals surface area contributed by atoms with Gasteiger partial charge in [0, 0.05) is 12.0 Å². The molecule has 17 heavy (non-hydrogen) atoms. The maximum atomic E-state index is 11.9. The van der Waals surface area contributed by atoms with Crippen molar-refractivity contribution in [1.29, 1.82) is 0 Å². The molecule has 0 radical (unpaired) electrons. The lowest BCUT2D eigenvalue weighted by Gasteiger charge is -2.23. The molecule has 6 heteroatoms. The van der Waals surface area contributed by atoms with Crippen molar-refractivity contribution in [2.75, 3.05) is 0 Å². The van der Waals surface area contributed by atoms with E-state index in [0.717, 1.165) is 25.7 Å². The highest BCUT2D eigenvalue weighted by atomic mass is 16.1. The van der Waals surface area contributed by atoms with Crippen LogP contribution in [0.4, 0.5) is 0 Å². The Balaban J connectivity index is 1.85. The maximum Gasteiger partial charge on any atom is 0.222 e. The van der Waals surface area contributed by atoms with Crippen LogP contribution in [0.2, 0.25) is 0 Å². The summed E-state index contributed by atoms with van der Waals surface area (Å²) < 4.78 is 0. The van der Waals surface area contributed by atoms with Crippen LogP contribution in [0.5, 0.6) is 0 Å². The fourth-order valence-electron chi connectivity index (χ4n) is 2.36. The number of carbonyl (C=O) groups excluding carboxylic acids is 1. The minimum atomic E-state index is -0.300. The van der Waals surface area contributed by atoms with Crippen LogP contribution >= 0.6 is 0 Å². The van der Waals surface area contributed by atoms with Gasteiger partial charge in [0.15, 0.2) is 0 Å². The van der Waals surface area contributed by atoms with Crippen molar-refractivity contribution in [1.82, 2.24) is 20.5 Å². The van der Waals surface area contributed by atoms with Crippen molar-refractivity contribution < 1.29 is 4.79 Å². The highest BCUT2D eigenvalue weighted by Gasteiger charge is 2.32. The molecule has 94 valence electrons. The molecule has 0 saturated heterocycles. The number of aromatic nitrogens is 3. The Morgan fingerprint density at radius 3 is 2.94 bits per heavy atom. The van der Waals surface area contributed by atoms with Crippen molar-refractivity contribution >= 4 is 5.91 Å². The summed E-state index contributed by atoms with van der Waals surface area (Å²) >= 11 is 0. The van der Waals surface area contributed by atoms with E-state index in [9.17, 15) is 4.79 Å². The Labute approximate surface area is 100 Å². The van der Waals surface area contributed by atoms with Gasteiger partial charge in [0.25, 0.3) is 0 Å². The predicted octanol–water partition coefficient (Wildman–Crippen LogP) is 0.643. The molecule has 1 amide bonds. The SMILES string of the molecule is CC(NC(=O)CC1(N)CCCC1)c1ncn[nH]1. The number of carbonyl (C=O) groups is 1. The van der Waals surface area contributed by atoms with Crippen LogP contribution < -0.4 is 11.1 Å². The second kappa shape index (κ2) is 4.83. The van der Waals surface area contributed by atoms with Gasteiger partial charge in [-0.05, 0) is 19.8 Å². The molecular weight excluding hydrogens is 218 g/mol. The van der Waals surface area contributed by atoms with Crippen molar-refractivity contribution in [3.05, 3.63) is 12.2 Å². The lowest BCUT2D eigenvalue weighted by molar-refractivity contribution is -0.122. The van der Waals surface area contributed by atoms with E-state index in [1.54, 1.807) is 0 Å². The normalized spacial score (nSPS) is 20.1. The molecular formula is C11H19N5O. The molecule has 6 nitrogen and oxygen atoms in total. The summed E-state index contributed by atoms with van der Waals surface area (Å²) in [4.78, 5) is 15.9. The summed E-state index contributed by atoms with van der Waals surface area (Å²) in [6.45, 7) is 1.87. The van der Waals surface area contributed by atoms with E-state index in [0.29, 0.717) is 12.2 Å². The highest BCUT2D eigenvalue weighted by Crippen LogP contribution is 2.30. The average Bonchev–Trinajstić information content (AvgIpc) is 2.88. The fourth-order valence-corrected chi connectivity index (χ4v) is 2.36. The summed E-state index contributed by atoms with van der Waals surface area (Å²) in [6.07, 6.45) is 5.96. The van der Waals surface area contributed by atoms with E-state index in [4.69, 9.17) is 5.73 Å². The molecule has 1 aliphatic carbocycles. The van der Waals surface area contributed by atoms with Gasteiger partial charge in [-0.25, -0.2) is 4.98 Å². The number of hydrogen-bond donors (Lipinski definition) is 3. The molecule has 1 fully saturated rings. The highest BCUT2D eigenvalue weighted by molar-refractivity contribution is 5.77. The molecule has 1 unspecified atom stereocenters. The quantitative estimate of drug-likeness (QED) is 0.716. The molecule has 1 aromatic heterocycles. The molecule has 1 aliphatic rings. The van der Waals surface area contributed by atoms with Crippen LogP contribution in [0, 0.1) is 0 Å². The number of aromatic amines is 1. The van der Waals surface area contributed by atoms with Crippen LogP contribution in [-0.2, 0) is 4.79 Å². The van der Waals surface area contributed by atoms with Gasteiger partial charge in [0.05, 0.1) is 6.04 Å². The van der Waals surface area contributed by atoms with Gasteiger partial charge in [-0.15, -0.1) is 0 Å². The number of rotatable bonds is 4. The molecule has 2 rings (SSSR count). The van der Waals surface area contributed by atoms with Gasteiger partial charge < -0.3 is 11.1 Å². The van der Waals surface area contributed by atoms with Crippen LogP contribution in [0.1, 0.15) is 50.9 Å². The predicted molar refractivity (Wildman–Crippen MR) is 62.9 cm³/mol. The number of nitrogens with zero attached hydrogens (tertiary/aromatic N) is 2. The van der Waals surface area contributed by atoms with E-state index in [2.05, 4.69) is 20.5 Å². The molecule has 1 heterocycles.